The van der Waals surface area contributed by atoms with Crippen LogP contribution in [0.2, 0.25) is 0 Å². The van der Waals surface area contributed by atoms with E-state index < -0.39 is 35.6 Å². The lowest BCUT2D eigenvalue weighted by Gasteiger charge is -2.31. The molecule has 0 saturated heterocycles. The van der Waals surface area contributed by atoms with Crippen LogP contribution >= 0.6 is 0 Å². The van der Waals surface area contributed by atoms with E-state index in [9.17, 15) is 19.5 Å². The molecule has 214 valence electrons. The molecule has 3 rings (SSSR count). The van der Waals surface area contributed by atoms with Gasteiger partial charge >= 0.3 is 6.09 Å². The van der Waals surface area contributed by atoms with Gasteiger partial charge in [-0.1, -0.05) is 66.1 Å². The zero-order chi connectivity index (χ0) is 30.3. The van der Waals surface area contributed by atoms with Crippen LogP contribution in [0.5, 0.6) is 5.75 Å². The summed E-state index contributed by atoms with van der Waals surface area (Å²) in [5.74, 6) is -1.11. The summed E-state index contributed by atoms with van der Waals surface area (Å²) in [6, 6.07) is 19.1. The van der Waals surface area contributed by atoms with E-state index in [0.29, 0.717) is 16.8 Å². The molecule has 3 aromatic carbocycles. The normalized spacial score (nSPS) is 12.4. The van der Waals surface area contributed by atoms with Crippen molar-refractivity contribution in [1.29, 1.82) is 0 Å². The number of anilines is 1. The largest absolute Gasteiger partial charge is 0.508 e. The number of phenols is 1. The van der Waals surface area contributed by atoms with Gasteiger partial charge in [-0.3, -0.25) is 14.5 Å². The maximum atomic E-state index is 14.1. The molecule has 0 radical (unpaired) electrons. The summed E-state index contributed by atoms with van der Waals surface area (Å²) in [5, 5.41) is 15.3. The maximum absolute atomic E-state index is 14.1. The number of rotatable bonds is 8. The van der Waals surface area contributed by atoms with Crippen molar-refractivity contribution in [3.63, 3.8) is 0 Å². The minimum absolute atomic E-state index is 0.0372. The molecule has 0 fully saturated rings. The van der Waals surface area contributed by atoms with E-state index >= 15 is 0 Å². The van der Waals surface area contributed by atoms with Gasteiger partial charge in [0.25, 0.3) is 11.8 Å². The molecule has 2 atom stereocenters. The fourth-order valence-corrected chi connectivity index (χ4v) is 4.45. The van der Waals surface area contributed by atoms with Crippen LogP contribution in [0.4, 0.5) is 10.5 Å². The minimum Gasteiger partial charge on any atom is -0.508 e. The summed E-state index contributed by atoms with van der Waals surface area (Å²) in [5.41, 5.74) is 3.59. The summed E-state index contributed by atoms with van der Waals surface area (Å²) in [6.07, 6.45) is 5.16. The highest BCUT2D eigenvalue weighted by Gasteiger charge is 2.36. The van der Waals surface area contributed by atoms with Gasteiger partial charge in [-0.2, -0.15) is 0 Å². The summed E-state index contributed by atoms with van der Waals surface area (Å²) in [4.78, 5) is 41.8. The number of nitrogens with one attached hydrogen (secondary N) is 2. The highest BCUT2D eigenvalue weighted by Crippen LogP contribution is 2.27. The standard InChI is InChI=1S/C33H37N3O5/c1-8-36(31(39)28(35-32(40)41-33(5,6)7)20-24-13-15-26(37)16-14-24)29(25-18-21(2)17-22(3)19-25)30(38)34-27-12-10-9-11-23(27)4/h1,9-19,28-29,37H,20H2,2-7H3,(H,34,38)(H,35,40). The third-order valence-corrected chi connectivity index (χ3v) is 6.21. The second kappa shape index (κ2) is 13.1. The van der Waals surface area contributed by atoms with Crippen molar-refractivity contribution < 1.29 is 24.2 Å². The zero-order valence-corrected chi connectivity index (χ0v) is 24.3. The molecule has 2 unspecified atom stereocenters. The number of para-hydroxylation sites is 1. The number of phenolic OH excluding ortho intramolecular Hbond substituents is 1. The van der Waals surface area contributed by atoms with Gasteiger partial charge in [-0.05, 0) is 76.4 Å². The number of nitrogens with zero attached hydrogens (tertiary/aromatic N) is 1. The Morgan fingerprint density at radius 1 is 0.976 bits per heavy atom. The highest BCUT2D eigenvalue weighted by molar-refractivity contribution is 6.00. The Bertz CT molecular complexity index is 1430. The van der Waals surface area contributed by atoms with E-state index in [0.717, 1.165) is 21.6 Å². The van der Waals surface area contributed by atoms with E-state index in [4.69, 9.17) is 11.2 Å². The maximum Gasteiger partial charge on any atom is 0.408 e. The number of terminal acetylenes is 1. The molecule has 3 amide bonds. The van der Waals surface area contributed by atoms with Crippen LogP contribution in [-0.4, -0.2) is 39.6 Å². The van der Waals surface area contributed by atoms with Gasteiger partial charge in [-0.25, -0.2) is 4.79 Å². The third kappa shape index (κ3) is 8.61. The molecule has 8 nitrogen and oxygen atoms in total. The van der Waals surface area contributed by atoms with Gasteiger partial charge in [0.15, 0.2) is 0 Å². The van der Waals surface area contributed by atoms with Crippen molar-refractivity contribution >= 4 is 23.6 Å². The van der Waals surface area contributed by atoms with Crippen LogP contribution in [0.1, 0.15) is 54.6 Å². The second-order valence-corrected chi connectivity index (χ2v) is 11.0. The fraction of sp³-hybridized carbons (Fsp3) is 0.303. The van der Waals surface area contributed by atoms with Gasteiger partial charge in [-0.15, -0.1) is 0 Å². The third-order valence-electron chi connectivity index (χ3n) is 6.21. The molecule has 3 aromatic rings. The van der Waals surface area contributed by atoms with E-state index in [2.05, 4.69) is 16.7 Å². The van der Waals surface area contributed by atoms with Crippen LogP contribution in [0, 0.1) is 33.2 Å². The van der Waals surface area contributed by atoms with E-state index in [-0.39, 0.29) is 12.2 Å². The molecule has 0 aromatic heterocycles. The van der Waals surface area contributed by atoms with Gasteiger partial charge < -0.3 is 20.5 Å². The van der Waals surface area contributed by atoms with Gasteiger partial charge in [0, 0.05) is 18.2 Å². The average Bonchev–Trinajstić information content (AvgIpc) is 2.87. The van der Waals surface area contributed by atoms with Crippen LogP contribution in [0.3, 0.4) is 0 Å². The zero-order valence-electron chi connectivity index (χ0n) is 24.3. The topological polar surface area (TPSA) is 108 Å². The Kier molecular flexibility index (Phi) is 9.80. The Balaban J connectivity index is 2.05. The number of carbonyl (C=O) groups excluding carboxylic acids is 3. The number of ether oxygens (including phenoxy) is 1. The molecule has 3 N–H and O–H groups in total. The van der Waals surface area contributed by atoms with Crippen molar-refractivity contribution in [2.24, 2.45) is 0 Å². The Morgan fingerprint density at radius 3 is 2.15 bits per heavy atom. The first-order valence-corrected chi connectivity index (χ1v) is 13.3. The van der Waals surface area contributed by atoms with Gasteiger partial charge in [0.05, 0.1) is 0 Å². The van der Waals surface area contributed by atoms with Crippen molar-refractivity contribution in [1.82, 2.24) is 10.2 Å². The lowest BCUT2D eigenvalue weighted by atomic mass is 9.97. The Hall–Kier alpha value is -4.77. The average molecular weight is 556 g/mol. The summed E-state index contributed by atoms with van der Waals surface area (Å²) < 4.78 is 5.41. The number of amides is 3. The summed E-state index contributed by atoms with van der Waals surface area (Å²) >= 11 is 0. The number of benzene rings is 3. The molecule has 0 aliphatic heterocycles. The SMILES string of the molecule is C#CN(C(=O)C(Cc1ccc(O)cc1)NC(=O)OC(C)(C)C)C(C(=O)Nc1ccccc1C)c1cc(C)cc(C)c1. The predicted octanol–water partition coefficient (Wildman–Crippen LogP) is 5.55. The molecule has 0 bridgehead atoms. The predicted molar refractivity (Wildman–Crippen MR) is 159 cm³/mol. The number of hydrogen-bond acceptors (Lipinski definition) is 5. The number of aromatic hydroxyl groups is 1. The summed E-state index contributed by atoms with van der Waals surface area (Å²) in [7, 11) is 0. The number of hydrogen-bond donors (Lipinski definition) is 3. The smallest absolute Gasteiger partial charge is 0.408 e. The second-order valence-electron chi connectivity index (χ2n) is 11.0. The number of carbonyl (C=O) groups is 3. The van der Waals surface area contributed by atoms with Crippen molar-refractivity contribution in [3.8, 4) is 18.2 Å². The lowest BCUT2D eigenvalue weighted by molar-refractivity contribution is -0.136. The molecule has 0 heterocycles. The number of aryl methyl sites for hydroxylation is 3. The quantitative estimate of drug-likeness (QED) is 0.249. The summed E-state index contributed by atoms with van der Waals surface area (Å²) in [6.45, 7) is 10.8. The molecule has 41 heavy (non-hydrogen) atoms. The van der Waals surface area contributed by atoms with Crippen LogP contribution in [0.15, 0.2) is 66.7 Å². The lowest BCUT2D eigenvalue weighted by Crippen LogP contribution is -2.51. The van der Waals surface area contributed by atoms with Crippen LogP contribution in [0.25, 0.3) is 0 Å². The fourth-order valence-electron chi connectivity index (χ4n) is 4.45. The van der Waals surface area contributed by atoms with Crippen LogP contribution < -0.4 is 10.6 Å². The van der Waals surface area contributed by atoms with E-state index in [1.165, 1.54) is 12.1 Å². The molecule has 0 spiro atoms. The van der Waals surface area contributed by atoms with E-state index in [1.807, 2.05) is 51.1 Å². The first-order valence-electron chi connectivity index (χ1n) is 13.3. The molecular formula is C33H37N3O5. The molecular weight excluding hydrogens is 518 g/mol. The Morgan fingerprint density at radius 2 is 1.59 bits per heavy atom. The van der Waals surface area contributed by atoms with E-state index in [1.54, 1.807) is 45.0 Å². The van der Waals surface area contributed by atoms with Crippen molar-refractivity contribution in [2.45, 2.75) is 65.6 Å². The Labute approximate surface area is 241 Å². The minimum atomic E-state index is -1.20. The van der Waals surface area contributed by atoms with Gasteiger partial charge in [0.1, 0.15) is 23.4 Å². The number of alkyl carbamates (subject to hydrolysis) is 1. The first-order chi connectivity index (χ1) is 19.3. The highest BCUT2D eigenvalue weighted by atomic mass is 16.6. The van der Waals surface area contributed by atoms with Crippen molar-refractivity contribution in [3.05, 3.63) is 94.5 Å². The first kappa shape index (κ1) is 30.8. The molecule has 0 saturated carbocycles. The van der Waals surface area contributed by atoms with Crippen LogP contribution in [-0.2, 0) is 20.7 Å². The monoisotopic (exact) mass is 555 g/mol. The molecule has 0 aliphatic rings. The molecule has 8 heteroatoms. The van der Waals surface area contributed by atoms with Gasteiger partial charge in [0.2, 0.25) is 0 Å². The molecule has 0 aliphatic carbocycles. The van der Waals surface area contributed by atoms with Crippen molar-refractivity contribution in [2.75, 3.05) is 5.32 Å².